The van der Waals surface area contributed by atoms with Crippen LogP contribution >= 0.6 is 0 Å². The zero-order valence-electron chi connectivity index (χ0n) is 36.6. The molecule has 0 heterocycles. The van der Waals surface area contributed by atoms with Crippen LogP contribution in [0, 0.1) is 0 Å². The molecule has 322 valence electrons. The van der Waals surface area contributed by atoms with Crippen molar-refractivity contribution >= 4 is 17.9 Å². The van der Waals surface area contributed by atoms with Crippen LogP contribution in [0.25, 0.3) is 0 Å². The van der Waals surface area contributed by atoms with Gasteiger partial charge in [-0.25, -0.2) is 0 Å². The molecule has 6 heteroatoms. The molecule has 0 aliphatic heterocycles. The quantitative estimate of drug-likeness (QED) is 0.0266. The Morgan fingerprint density at radius 2 is 0.696 bits per heavy atom. The Morgan fingerprint density at radius 3 is 1.14 bits per heavy atom. The molecule has 0 aromatic rings. The van der Waals surface area contributed by atoms with Gasteiger partial charge in [-0.15, -0.1) is 0 Å². The van der Waals surface area contributed by atoms with Crippen molar-refractivity contribution in [3.8, 4) is 0 Å². The van der Waals surface area contributed by atoms with E-state index in [0.717, 1.165) is 83.5 Å². The highest BCUT2D eigenvalue weighted by atomic mass is 16.6. The molecule has 0 aliphatic carbocycles. The zero-order chi connectivity index (χ0) is 40.8. The van der Waals surface area contributed by atoms with Gasteiger partial charge < -0.3 is 14.2 Å². The molecule has 0 aromatic carbocycles. The topological polar surface area (TPSA) is 78.9 Å². The van der Waals surface area contributed by atoms with Crippen LogP contribution in [0.2, 0.25) is 0 Å². The van der Waals surface area contributed by atoms with Crippen molar-refractivity contribution in [2.45, 2.75) is 226 Å². The Hall–Kier alpha value is -2.89. The van der Waals surface area contributed by atoms with Crippen LogP contribution in [-0.4, -0.2) is 37.2 Å². The lowest BCUT2D eigenvalue weighted by Crippen LogP contribution is -2.30. The van der Waals surface area contributed by atoms with Crippen molar-refractivity contribution in [3.63, 3.8) is 0 Å². The van der Waals surface area contributed by atoms with Gasteiger partial charge >= 0.3 is 17.9 Å². The predicted octanol–water partition coefficient (Wildman–Crippen LogP) is 14.9. The molecule has 0 saturated heterocycles. The summed E-state index contributed by atoms with van der Waals surface area (Å²) in [7, 11) is 0. The fraction of sp³-hybridized carbons (Fsp3) is 0.740. The third kappa shape index (κ3) is 42.3. The highest BCUT2D eigenvalue weighted by Crippen LogP contribution is 2.13. The van der Waals surface area contributed by atoms with Gasteiger partial charge in [0.2, 0.25) is 0 Å². The standard InChI is InChI=1S/C50H86O6/c1-4-7-10-13-15-17-19-21-23-24-25-27-28-30-32-34-37-40-43-49(52)55-46-47(45-54-48(51)42-39-36-12-9-6-3)56-50(53)44-41-38-35-33-31-29-26-22-20-18-16-14-11-8-5-2/h8,11,16,18,22-24,26,31,33,47H,4-7,9-10,12-15,17,19-21,25,27-30,32,34-46H2,1-3H3/b11-8-,18-16-,24-23-,26-22-,33-31-. The Bertz CT molecular complexity index is 1040. The fourth-order valence-corrected chi connectivity index (χ4v) is 6.25. The normalized spacial score (nSPS) is 12.6. The van der Waals surface area contributed by atoms with Gasteiger partial charge in [0, 0.05) is 19.3 Å². The molecule has 0 N–H and O–H groups in total. The van der Waals surface area contributed by atoms with Crippen molar-refractivity contribution in [1.29, 1.82) is 0 Å². The van der Waals surface area contributed by atoms with Gasteiger partial charge in [0.15, 0.2) is 6.10 Å². The van der Waals surface area contributed by atoms with Crippen molar-refractivity contribution in [2.75, 3.05) is 13.2 Å². The van der Waals surface area contributed by atoms with Crippen molar-refractivity contribution in [2.24, 2.45) is 0 Å². The van der Waals surface area contributed by atoms with Gasteiger partial charge in [0.1, 0.15) is 13.2 Å². The average Bonchev–Trinajstić information content (AvgIpc) is 3.19. The Labute approximate surface area is 345 Å². The van der Waals surface area contributed by atoms with Crippen LogP contribution in [0.5, 0.6) is 0 Å². The number of hydrogen-bond acceptors (Lipinski definition) is 6. The molecule has 0 aromatic heterocycles. The van der Waals surface area contributed by atoms with Crippen LogP contribution in [0.1, 0.15) is 220 Å². The number of ether oxygens (including phenoxy) is 3. The average molecular weight is 783 g/mol. The lowest BCUT2D eigenvalue weighted by Gasteiger charge is -2.18. The first-order valence-electron chi connectivity index (χ1n) is 23.3. The van der Waals surface area contributed by atoms with Gasteiger partial charge in [-0.2, -0.15) is 0 Å². The molecule has 6 nitrogen and oxygen atoms in total. The van der Waals surface area contributed by atoms with E-state index < -0.39 is 6.10 Å². The van der Waals surface area contributed by atoms with E-state index in [9.17, 15) is 14.4 Å². The smallest absolute Gasteiger partial charge is 0.306 e. The summed E-state index contributed by atoms with van der Waals surface area (Å²) in [6.45, 7) is 6.39. The van der Waals surface area contributed by atoms with Gasteiger partial charge in [-0.1, -0.05) is 178 Å². The van der Waals surface area contributed by atoms with E-state index in [-0.39, 0.29) is 37.5 Å². The first-order valence-corrected chi connectivity index (χ1v) is 23.3. The first-order chi connectivity index (χ1) is 27.5. The summed E-state index contributed by atoms with van der Waals surface area (Å²) in [5, 5.41) is 0. The van der Waals surface area contributed by atoms with Crippen molar-refractivity contribution in [3.05, 3.63) is 60.8 Å². The SMILES string of the molecule is CC/C=C\C/C=C\C/C=C\C/C=C\CCCCC(=O)OC(COC(=O)CCCCCCC)COC(=O)CCCCCCCCC/C=C\CCCCCCCCC. The number of esters is 3. The molecular formula is C50H86O6. The Morgan fingerprint density at radius 1 is 0.375 bits per heavy atom. The summed E-state index contributed by atoms with van der Waals surface area (Å²) in [5.74, 6) is -0.956. The fourth-order valence-electron chi connectivity index (χ4n) is 6.25. The summed E-state index contributed by atoms with van der Waals surface area (Å²) >= 11 is 0. The maximum atomic E-state index is 12.7. The monoisotopic (exact) mass is 783 g/mol. The van der Waals surface area contributed by atoms with Gasteiger partial charge in [0.25, 0.3) is 0 Å². The summed E-state index contributed by atoms with van der Waals surface area (Å²) < 4.78 is 16.6. The number of unbranched alkanes of at least 4 members (excludes halogenated alkanes) is 20. The molecule has 1 atom stereocenters. The van der Waals surface area contributed by atoms with E-state index in [0.29, 0.717) is 19.3 Å². The van der Waals surface area contributed by atoms with E-state index >= 15 is 0 Å². The van der Waals surface area contributed by atoms with Crippen molar-refractivity contribution < 1.29 is 28.6 Å². The highest BCUT2D eigenvalue weighted by Gasteiger charge is 2.19. The first kappa shape index (κ1) is 53.1. The van der Waals surface area contributed by atoms with E-state index in [1.165, 1.54) is 89.9 Å². The minimum Gasteiger partial charge on any atom is -0.462 e. The van der Waals surface area contributed by atoms with Crippen LogP contribution in [0.4, 0.5) is 0 Å². The molecular weight excluding hydrogens is 697 g/mol. The third-order valence-corrected chi connectivity index (χ3v) is 9.76. The molecule has 0 amide bonds. The summed E-state index contributed by atoms with van der Waals surface area (Å²) in [4.78, 5) is 37.5. The van der Waals surface area contributed by atoms with Gasteiger partial charge in [0.05, 0.1) is 0 Å². The molecule has 0 bridgehead atoms. The number of rotatable bonds is 41. The van der Waals surface area contributed by atoms with Crippen LogP contribution < -0.4 is 0 Å². The summed E-state index contributed by atoms with van der Waals surface area (Å²) in [5.41, 5.74) is 0. The Balaban J connectivity index is 4.27. The second-order valence-electron chi connectivity index (χ2n) is 15.3. The summed E-state index contributed by atoms with van der Waals surface area (Å²) in [6, 6.07) is 0. The molecule has 1 unspecified atom stereocenters. The predicted molar refractivity (Wildman–Crippen MR) is 238 cm³/mol. The van der Waals surface area contributed by atoms with Crippen LogP contribution in [0.3, 0.4) is 0 Å². The van der Waals surface area contributed by atoms with Crippen molar-refractivity contribution in [1.82, 2.24) is 0 Å². The highest BCUT2D eigenvalue weighted by molar-refractivity contribution is 5.71. The molecule has 56 heavy (non-hydrogen) atoms. The second-order valence-corrected chi connectivity index (χ2v) is 15.3. The maximum Gasteiger partial charge on any atom is 0.306 e. The number of carbonyl (C=O) groups excluding carboxylic acids is 3. The molecule has 0 spiro atoms. The largest absolute Gasteiger partial charge is 0.462 e. The molecule has 0 aliphatic rings. The van der Waals surface area contributed by atoms with E-state index in [4.69, 9.17) is 14.2 Å². The van der Waals surface area contributed by atoms with E-state index in [2.05, 4.69) is 81.5 Å². The second kappa shape index (κ2) is 44.8. The van der Waals surface area contributed by atoms with Gasteiger partial charge in [-0.05, 0) is 83.5 Å². The third-order valence-electron chi connectivity index (χ3n) is 9.76. The number of hydrogen-bond donors (Lipinski definition) is 0. The van der Waals surface area contributed by atoms with Crippen LogP contribution in [0.15, 0.2) is 60.8 Å². The van der Waals surface area contributed by atoms with Gasteiger partial charge in [-0.3, -0.25) is 14.4 Å². The zero-order valence-corrected chi connectivity index (χ0v) is 36.6. The minimum absolute atomic E-state index is 0.0935. The lowest BCUT2D eigenvalue weighted by atomic mass is 10.1. The molecule has 0 radical (unpaired) electrons. The number of carbonyl (C=O) groups is 3. The number of allylic oxidation sites excluding steroid dienone is 10. The molecule has 0 saturated carbocycles. The molecule has 0 fully saturated rings. The van der Waals surface area contributed by atoms with E-state index in [1.54, 1.807) is 0 Å². The minimum atomic E-state index is -0.792. The van der Waals surface area contributed by atoms with Crippen LogP contribution in [-0.2, 0) is 28.6 Å². The lowest BCUT2D eigenvalue weighted by molar-refractivity contribution is -0.167. The molecule has 0 rings (SSSR count). The van der Waals surface area contributed by atoms with E-state index in [1.807, 2.05) is 0 Å². The maximum absolute atomic E-state index is 12.7. The Kier molecular flexibility index (Phi) is 42.5. The summed E-state index contributed by atoms with van der Waals surface area (Å²) in [6.07, 6.45) is 53.8.